The van der Waals surface area contributed by atoms with Crippen molar-refractivity contribution < 1.29 is 9.59 Å². The Kier molecular flexibility index (Phi) is 4.56. The van der Waals surface area contributed by atoms with Crippen molar-refractivity contribution in [2.24, 2.45) is 5.92 Å². The van der Waals surface area contributed by atoms with Crippen LogP contribution < -0.4 is 5.32 Å². The van der Waals surface area contributed by atoms with Crippen LogP contribution in [0.2, 0.25) is 0 Å². The van der Waals surface area contributed by atoms with Crippen LogP contribution in [0.5, 0.6) is 0 Å². The summed E-state index contributed by atoms with van der Waals surface area (Å²) in [6.07, 6.45) is 0.818. The van der Waals surface area contributed by atoms with Crippen molar-refractivity contribution in [1.29, 1.82) is 0 Å². The molecule has 4 nitrogen and oxygen atoms in total. The summed E-state index contributed by atoms with van der Waals surface area (Å²) in [5, 5.41) is 2.87. The number of hydrogen-bond acceptors (Lipinski definition) is 2. The molecule has 3 amide bonds. The van der Waals surface area contributed by atoms with Crippen molar-refractivity contribution in [3.8, 4) is 0 Å². The van der Waals surface area contributed by atoms with Gasteiger partial charge in [-0.25, -0.2) is 4.79 Å². The minimum absolute atomic E-state index is 0.0612. The van der Waals surface area contributed by atoms with Crippen LogP contribution in [0.15, 0.2) is 24.3 Å². The van der Waals surface area contributed by atoms with Crippen LogP contribution in [0.4, 0.5) is 4.79 Å². The van der Waals surface area contributed by atoms with E-state index >= 15 is 0 Å². The molecule has 1 N–H and O–H groups in total. The first-order valence-corrected chi connectivity index (χ1v) is 8.31. The fourth-order valence-electron chi connectivity index (χ4n) is 2.79. The lowest BCUT2D eigenvalue weighted by molar-refractivity contribution is -0.131. The Morgan fingerprint density at radius 3 is 2.17 bits per heavy atom. The summed E-state index contributed by atoms with van der Waals surface area (Å²) in [7, 11) is 0. The number of rotatable bonds is 4. The van der Waals surface area contributed by atoms with E-state index in [1.54, 1.807) is 6.92 Å². The van der Waals surface area contributed by atoms with E-state index in [1.165, 1.54) is 10.5 Å². The number of nitrogens with one attached hydrogen (secondary N) is 1. The largest absolute Gasteiger partial charge is 0.325 e. The fraction of sp³-hybridized carbons (Fsp3) is 0.579. The van der Waals surface area contributed by atoms with Gasteiger partial charge in [0.1, 0.15) is 5.54 Å². The van der Waals surface area contributed by atoms with Gasteiger partial charge in [-0.15, -0.1) is 0 Å². The Bertz CT molecular complexity index is 599. The molecular weight excluding hydrogens is 288 g/mol. The smallest absolute Gasteiger partial charge is 0.319 e. The summed E-state index contributed by atoms with van der Waals surface area (Å²) in [6, 6.07) is 7.68. The van der Waals surface area contributed by atoms with E-state index in [-0.39, 0.29) is 17.4 Å². The number of benzene rings is 1. The highest BCUT2D eigenvalue weighted by Gasteiger charge is 2.48. The highest BCUT2D eigenvalue weighted by atomic mass is 16.2. The Morgan fingerprint density at radius 1 is 1.13 bits per heavy atom. The van der Waals surface area contributed by atoms with E-state index in [9.17, 15) is 9.59 Å². The Hall–Kier alpha value is -1.84. The summed E-state index contributed by atoms with van der Waals surface area (Å²) in [6.45, 7) is 12.9. The molecule has 1 saturated heterocycles. The molecule has 0 saturated carbocycles. The van der Waals surface area contributed by atoms with E-state index in [1.807, 2.05) is 24.3 Å². The van der Waals surface area contributed by atoms with Crippen LogP contribution in [-0.2, 0) is 15.7 Å². The van der Waals surface area contributed by atoms with Crippen LogP contribution in [-0.4, -0.2) is 23.4 Å². The van der Waals surface area contributed by atoms with Crippen molar-refractivity contribution in [2.75, 3.05) is 6.54 Å². The first-order chi connectivity index (χ1) is 10.6. The maximum Gasteiger partial charge on any atom is 0.325 e. The van der Waals surface area contributed by atoms with Gasteiger partial charge in [-0.2, -0.15) is 0 Å². The Balaban J connectivity index is 2.25. The van der Waals surface area contributed by atoms with E-state index in [2.05, 4.69) is 39.9 Å². The summed E-state index contributed by atoms with van der Waals surface area (Å²) in [5.41, 5.74) is 1.13. The monoisotopic (exact) mass is 316 g/mol. The third kappa shape index (κ3) is 3.41. The van der Waals surface area contributed by atoms with Gasteiger partial charge in [-0.05, 0) is 35.8 Å². The van der Waals surface area contributed by atoms with Gasteiger partial charge >= 0.3 is 6.03 Å². The molecule has 0 spiro atoms. The van der Waals surface area contributed by atoms with E-state index in [0.717, 1.165) is 12.0 Å². The number of nitrogens with zero attached hydrogens (tertiary/aromatic N) is 1. The molecule has 23 heavy (non-hydrogen) atoms. The second-order valence-electron chi connectivity index (χ2n) is 8.02. The lowest BCUT2D eigenvalue weighted by atomic mass is 9.84. The molecule has 126 valence electrons. The van der Waals surface area contributed by atoms with Crippen LogP contribution in [0.1, 0.15) is 59.1 Å². The van der Waals surface area contributed by atoms with Gasteiger partial charge in [0.2, 0.25) is 0 Å². The van der Waals surface area contributed by atoms with E-state index in [0.29, 0.717) is 12.5 Å². The predicted octanol–water partition coefficient (Wildman–Crippen LogP) is 3.80. The maximum atomic E-state index is 12.8. The summed E-state index contributed by atoms with van der Waals surface area (Å²) >= 11 is 0. The molecule has 0 aromatic heterocycles. The number of imide groups is 1. The van der Waals surface area contributed by atoms with Gasteiger partial charge in [0.15, 0.2) is 0 Å². The number of carbonyl (C=O) groups excluding carboxylic acids is 2. The van der Waals surface area contributed by atoms with E-state index in [4.69, 9.17) is 0 Å². The standard InChI is InChI=1S/C19H28N2O2/c1-13(2)11-12-21-16(22)19(6,20-17(21)23)15-9-7-14(8-10-15)18(3,4)5/h7-10,13H,11-12H2,1-6H3,(H,20,23). The average molecular weight is 316 g/mol. The number of amides is 3. The first kappa shape index (κ1) is 17.5. The van der Waals surface area contributed by atoms with Crippen LogP contribution in [0.3, 0.4) is 0 Å². The third-order valence-corrected chi connectivity index (χ3v) is 4.53. The van der Waals surface area contributed by atoms with Crippen LogP contribution >= 0.6 is 0 Å². The average Bonchev–Trinajstić information content (AvgIpc) is 2.67. The minimum Gasteiger partial charge on any atom is -0.319 e. The van der Waals surface area contributed by atoms with Gasteiger partial charge in [0.05, 0.1) is 0 Å². The topological polar surface area (TPSA) is 49.4 Å². The Labute approximate surface area is 139 Å². The Morgan fingerprint density at radius 2 is 1.70 bits per heavy atom. The van der Waals surface area contributed by atoms with Crippen molar-refractivity contribution in [3.63, 3.8) is 0 Å². The van der Waals surface area contributed by atoms with Crippen molar-refractivity contribution in [3.05, 3.63) is 35.4 Å². The normalized spacial score (nSPS) is 22.0. The molecule has 1 aromatic rings. The highest BCUT2D eigenvalue weighted by molar-refractivity contribution is 6.07. The lowest BCUT2D eigenvalue weighted by Gasteiger charge is -2.24. The first-order valence-electron chi connectivity index (χ1n) is 8.31. The molecule has 1 heterocycles. The quantitative estimate of drug-likeness (QED) is 0.859. The zero-order chi connectivity index (χ0) is 17.4. The van der Waals surface area contributed by atoms with Crippen LogP contribution in [0.25, 0.3) is 0 Å². The highest BCUT2D eigenvalue weighted by Crippen LogP contribution is 2.31. The van der Waals surface area contributed by atoms with Gasteiger partial charge in [0, 0.05) is 6.54 Å². The molecule has 0 radical (unpaired) electrons. The zero-order valence-corrected chi connectivity index (χ0v) is 15.1. The minimum atomic E-state index is -0.968. The molecule has 1 aromatic carbocycles. The SMILES string of the molecule is CC(C)CCN1C(=O)NC(C)(c2ccc(C(C)(C)C)cc2)C1=O. The fourth-order valence-corrected chi connectivity index (χ4v) is 2.79. The molecule has 4 heteroatoms. The van der Waals surface area contributed by atoms with E-state index < -0.39 is 5.54 Å². The number of hydrogen-bond donors (Lipinski definition) is 1. The third-order valence-electron chi connectivity index (χ3n) is 4.53. The molecule has 0 bridgehead atoms. The van der Waals surface area contributed by atoms with Crippen LogP contribution in [0, 0.1) is 5.92 Å². The molecule has 1 aliphatic heterocycles. The lowest BCUT2D eigenvalue weighted by Crippen LogP contribution is -2.41. The van der Waals surface area contributed by atoms with Gasteiger partial charge in [0.25, 0.3) is 5.91 Å². The van der Waals surface area contributed by atoms with Gasteiger partial charge in [-0.3, -0.25) is 9.69 Å². The van der Waals surface area contributed by atoms with Crippen molar-refractivity contribution in [2.45, 2.75) is 58.9 Å². The molecular formula is C19H28N2O2. The molecule has 2 rings (SSSR count). The van der Waals surface area contributed by atoms with Crippen molar-refractivity contribution >= 4 is 11.9 Å². The second-order valence-corrected chi connectivity index (χ2v) is 8.02. The molecule has 1 atom stereocenters. The second kappa shape index (κ2) is 5.99. The summed E-state index contributed by atoms with van der Waals surface area (Å²) < 4.78 is 0. The summed E-state index contributed by atoms with van der Waals surface area (Å²) in [5.74, 6) is 0.292. The molecule has 1 fully saturated rings. The zero-order valence-electron chi connectivity index (χ0n) is 15.1. The number of urea groups is 1. The molecule has 1 unspecified atom stereocenters. The maximum absolute atomic E-state index is 12.8. The predicted molar refractivity (Wildman–Crippen MR) is 92.2 cm³/mol. The molecule has 1 aliphatic rings. The van der Waals surface area contributed by atoms with Crippen molar-refractivity contribution in [1.82, 2.24) is 10.2 Å². The molecule has 0 aliphatic carbocycles. The number of carbonyl (C=O) groups is 2. The summed E-state index contributed by atoms with van der Waals surface area (Å²) in [4.78, 5) is 26.3. The van der Waals surface area contributed by atoms with Gasteiger partial charge in [-0.1, -0.05) is 58.9 Å². The van der Waals surface area contributed by atoms with Gasteiger partial charge < -0.3 is 5.32 Å².